The van der Waals surface area contributed by atoms with Crippen LogP contribution in [-0.4, -0.2) is 59.5 Å². The molecule has 2 saturated heterocycles. The SMILES string of the molecule is CC1CC(N2CC(C)(OCC(=O)O)C2)CC(C)O1. The Morgan fingerprint density at radius 2 is 1.94 bits per heavy atom. The van der Waals surface area contributed by atoms with Crippen molar-refractivity contribution in [1.82, 2.24) is 4.90 Å². The largest absolute Gasteiger partial charge is 0.480 e. The number of rotatable bonds is 4. The third kappa shape index (κ3) is 3.22. The fraction of sp³-hybridized carbons (Fsp3) is 0.923. The van der Waals surface area contributed by atoms with Gasteiger partial charge in [-0.1, -0.05) is 0 Å². The maximum absolute atomic E-state index is 10.5. The summed E-state index contributed by atoms with van der Waals surface area (Å²) in [5.74, 6) is -0.900. The second-order valence-corrected chi connectivity index (χ2v) is 5.92. The van der Waals surface area contributed by atoms with Crippen molar-refractivity contribution in [2.45, 2.75) is 57.5 Å². The van der Waals surface area contributed by atoms with Crippen molar-refractivity contribution in [2.75, 3.05) is 19.7 Å². The Kier molecular flexibility index (Phi) is 3.94. The normalized spacial score (nSPS) is 36.1. The number of carboxylic acid groups (broad SMARTS) is 1. The highest BCUT2D eigenvalue weighted by Gasteiger charge is 2.44. The highest BCUT2D eigenvalue weighted by molar-refractivity contribution is 5.68. The van der Waals surface area contributed by atoms with E-state index in [2.05, 4.69) is 18.7 Å². The maximum atomic E-state index is 10.5. The van der Waals surface area contributed by atoms with Crippen LogP contribution in [0.3, 0.4) is 0 Å². The van der Waals surface area contributed by atoms with Crippen molar-refractivity contribution in [1.29, 1.82) is 0 Å². The summed E-state index contributed by atoms with van der Waals surface area (Å²) < 4.78 is 11.2. The molecular formula is C13H23NO4. The standard InChI is InChI=1S/C13H23NO4/c1-9-4-11(5-10(2)18-9)14-7-13(3,8-14)17-6-12(15)16/h9-11H,4-8H2,1-3H3,(H,15,16). The number of carbonyl (C=O) groups is 1. The Hall–Kier alpha value is -0.650. The van der Waals surface area contributed by atoms with Crippen molar-refractivity contribution < 1.29 is 19.4 Å². The van der Waals surface area contributed by atoms with Crippen LogP contribution < -0.4 is 0 Å². The first-order chi connectivity index (χ1) is 8.38. The minimum absolute atomic E-state index is 0.203. The van der Waals surface area contributed by atoms with Gasteiger partial charge >= 0.3 is 5.97 Å². The summed E-state index contributed by atoms with van der Waals surface area (Å²) in [7, 11) is 0. The van der Waals surface area contributed by atoms with E-state index < -0.39 is 5.97 Å². The van der Waals surface area contributed by atoms with Crippen LogP contribution >= 0.6 is 0 Å². The molecule has 5 nitrogen and oxygen atoms in total. The van der Waals surface area contributed by atoms with Gasteiger partial charge in [0.2, 0.25) is 0 Å². The second-order valence-electron chi connectivity index (χ2n) is 5.92. The fourth-order valence-corrected chi connectivity index (χ4v) is 3.07. The number of hydrogen-bond acceptors (Lipinski definition) is 4. The number of likely N-dealkylation sites (tertiary alicyclic amines) is 1. The minimum Gasteiger partial charge on any atom is -0.480 e. The molecule has 2 unspecified atom stereocenters. The molecule has 0 saturated carbocycles. The van der Waals surface area contributed by atoms with E-state index >= 15 is 0 Å². The lowest BCUT2D eigenvalue weighted by Crippen LogP contribution is -2.65. The van der Waals surface area contributed by atoms with Crippen molar-refractivity contribution in [3.05, 3.63) is 0 Å². The summed E-state index contributed by atoms with van der Waals surface area (Å²) in [6, 6.07) is 0.547. The van der Waals surface area contributed by atoms with Crippen molar-refractivity contribution in [3.63, 3.8) is 0 Å². The summed E-state index contributed by atoms with van der Waals surface area (Å²) in [5.41, 5.74) is -0.289. The van der Waals surface area contributed by atoms with Gasteiger partial charge in [-0.25, -0.2) is 4.79 Å². The van der Waals surface area contributed by atoms with Gasteiger partial charge in [-0.2, -0.15) is 0 Å². The van der Waals surface area contributed by atoms with E-state index in [4.69, 9.17) is 14.6 Å². The van der Waals surface area contributed by atoms with E-state index in [1.165, 1.54) is 0 Å². The first kappa shape index (κ1) is 13.8. The Balaban J connectivity index is 1.79. The predicted octanol–water partition coefficient (Wildman–Crippen LogP) is 1.12. The third-order valence-corrected chi connectivity index (χ3v) is 3.81. The molecule has 0 aromatic rings. The molecule has 0 aliphatic carbocycles. The monoisotopic (exact) mass is 257 g/mol. The van der Waals surface area contributed by atoms with Crippen LogP contribution in [0.25, 0.3) is 0 Å². The molecule has 0 spiro atoms. The van der Waals surface area contributed by atoms with E-state index in [-0.39, 0.29) is 12.2 Å². The molecule has 2 aliphatic rings. The highest BCUT2D eigenvalue weighted by Crippen LogP contribution is 2.32. The minimum atomic E-state index is -0.900. The molecule has 18 heavy (non-hydrogen) atoms. The van der Waals surface area contributed by atoms with Crippen LogP contribution in [0.1, 0.15) is 33.6 Å². The van der Waals surface area contributed by atoms with Crippen molar-refractivity contribution in [3.8, 4) is 0 Å². The molecule has 5 heteroatoms. The third-order valence-electron chi connectivity index (χ3n) is 3.81. The predicted molar refractivity (Wildman–Crippen MR) is 66.6 cm³/mol. The lowest BCUT2D eigenvalue weighted by atomic mass is 9.89. The Bertz CT molecular complexity index is 304. The average Bonchev–Trinajstić information content (AvgIpc) is 2.21. The number of aliphatic carboxylic acids is 1. The second kappa shape index (κ2) is 5.15. The lowest BCUT2D eigenvalue weighted by molar-refractivity contribution is -0.178. The zero-order chi connectivity index (χ0) is 13.3. The first-order valence-electron chi connectivity index (χ1n) is 6.63. The summed E-state index contributed by atoms with van der Waals surface area (Å²) in [4.78, 5) is 12.9. The highest BCUT2D eigenvalue weighted by atomic mass is 16.5. The number of ether oxygens (including phenoxy) is 2. The molecule has 104 valence electrons. The van der Waals surface area contributed by atoms with Crippen molar-refractivity contribution in [2.24, 2.45) is 0 Å². The van der Waals surface area contributed by atoms with Crippen LogP contribution in [0.4, 0.5) is 0 Å². The zero-order valence-corrected chi connectivity index (χ0v) is 11.4. The molecule has 2 rings (SSSR count). The van der Waals surface area contributed by atoms with E-state index in [9.17, 15) is 4.79 Å². The molecule has 0 aromatic carbocycles. The van der Waals surface area contributed by atoms with Crippen LogP contribution in [-0.2, 0) is 14.3 Å². The van der Waals surface area contributed by atoms with Crippen LogP contribution in [0.2, 0.25) is 0 Å². The molecule has 2 heterocycles. The van der Waals surface area contributed by atoms with Gasteiger partial charge in [-0.05, 0) is 33.6 Å². The van der Waals surface area contributed by atoms with Gasteiger partial charge in [0.05, 0.1) is 17.8 Å². The first-order valence-corrected chi connectivity index (χ1v) is 6.63. The van der Waals surface area contributed by atoms with E-state index in [0.717, 1.165) is 25.9 Å². The molecule has 1 N–H and O–H groups in total. The molecular weight excluding hydrogens is 234 g/mol. The van der Waals surface area contributed by atoms with Crippen molar-refractivity contribution >= 4 is 5.97 Å². The van der Waals surface area contributed by atoms with Gasteiger partial charge in [-0.3, -0.25) is 4.90 Å². The van der Waals surface area contributed by atoms with E-state index in [1.807, 2.05) is 6.92 Å². The molecule has 2 atom stereocenters. The van der Waals surface area contributed by atoms with Gasteiger partial charge in [0.15, 0.2) is 0 Å². The summed E-state index contributed by atoms with van der Waals surface area (Å²) in [6.07, 6.45) is 2.73. The number of hydrogen-bond donors (Lipinski definition) is 1. The zero-order valence-electron chi connectivity index (χ0n) is 11.4. The molecule has 0 radical (unpaired) electrons. The van der Waals surface area contributed by atoms with Gasteiger partial charge in [-0.15, -0.1) is 0 Å². The Morgan fingerprint density at radius 1 is 1.39 bits per heavy atom. The average molecular weight is 257 g/mol. The van der Waals surface area contributed by atoms with Gasteiger partial charge in [0, 0.05) is 19.1 Å². The van der Waals surface area contributed by atoms with Gasteiger partial charge in [0.25, 0.3) is 0 Å². The molecule has 0 amide bonds. The summed E-state index contributed by atoms with van der Waals surface area (Å²) >= 11 is 0. The molecule has 0 aromatic heterocycles. The molecule has 2 fully saturated rings. The molecule has 0 bridgehead atoms. The summed E-state index contributed by atoms with van der Waals surface area (Å²) in [6.45, 7) is 7.66. The quantitative estimate of drug-likeness (QED) is 0.817. The van der Waals surface area contributed by atoms with Crippen LogP contribution in [0.5, 0.6) is 0 Å². The van der Waals surface area contributed by atoms with Crippen LogP contribution in [0.15, 0.2) is 0 Å². The Labute approximate surface area is 108 Å². The lowest BCUT2D eigenvalue weighted by Gasteiger charge is -2.52. The van der Waals surface area contributed by atoms with Gasteiger partial charge in [0.1, 0.15) is 6.61 Å². The topological polar surface area (TPSA) is 59.0 Å². The van der Waals surface area contributed by atoms with E-state index in [1.54, 1.807) is 0 Å². The summed E-state index contributed by atoms with van der Waals surface area (Å²) in [5, 5.41) is 8.63. The maximum Gasteiger partial charge on any atom is 0.329 e. The van der Waals surface area contributed by atoms with Crippen LogP contribution in [0, 0.1) is 0 Å². The fourth-order valence-electron chi connectivity index (χ4n) is 3.07. The number of carboxylic acids is 1. The van der Waals surface area contributed by atoms with E-state index in [0.29, 0.717) is 18.2 Å². The smallest absolute Gasteiger partial charge is 0.329 e. The Morgan fingerprint density at radius 3 is 2.44 bits per heavy atom. The molecule has 2 aliphatic heterocycles. The number of nitrogens with zero attached hydrogens (tertiary/aromatic N) is 1. The van der Waals surface area contributed by atoms with Gasteiger partial charge < -0.3 is 14.6 Å².